The van der Waals surface area contributed by atoms with E-state index in [1.165, 1.54) is 4.90 Å². The summed E-state index contributed by atoms with van der Waals surface area (Å²) in [4.78, 5) is 41.2. The second-order valence-electron chi connectivity index (χ2n) is 7.38. The normalized spacial score (nSPS) is 15.9. The predicted octanol–water partition coefficient (Wildman–Crippen LogP) is 4.14. The Kier molecular flexibility index (Phi) is 7.07. The van der Waals surface area contributed by atoms with Gasteiger partial charge < -0.3 is 15.0 Å². The fourth-order valence-electron chi connectivity index (χ4n) is 3.43. The molecule has 1 fully saturated rings. The minimum Gasteiger partial charge on any atom is -0.494 e. The van der Waals surface area contributed by atoms with Gasteiger partial charge in [0.2, 0.25) is 5.91 Å². The third-order valence-corrected chi connectivity index (χ3v) is 4.89. The summed E-state index contributed by atoms with van der Waals surface area (Å²) in [6.45, 7) is 8.39. The zero-order valence-corrected chi connectivity index (χ0v) is 17.8. The van der Waals surface area contributed by atoms with Crippen LogP contribution in [0.5, 0.6) is 5.75 Å². The lowest BCUT2D eigenvalue weighted by molar-refractivity contribution is -0.124. The highest BCUT2D eigenvalue weighted by molar-refractivity contribution is 6.22. The SMILES string of the molecule is C=CCN1C(=O)N(c2cccc(C)c2)C(=O)C1CC(=O)Nc1ccc(OCCC)cc1. The topological polar surface area (TPSA) is 79.0 Å². The van der Waals surface area contributed by atoms with E-state index < -0.39 is 18.0 Å². The maximum Gasteiger partial charge on any atom is 0.332 e. The number of urea groups is 1. The van der Waals surface area contributed by atoms with E-state index >= 15 is 0 Å². The van der Waals surface area contributed by atoms with E-state index in [1.807, 2.05) is 19.9 Å². The van der Waals surface area contributed by atoms with E-state index in [4.69, 9.17) is 4.74 Å². The van der Waals surface area contributed by atoms with Gasteiger partial charge in [0.05, 0.1) is 18.7 Å². The number of amides is 4. The summed E-state index contributed by atoms with van der Waals surface area (Å²) in [6, 6.07) is 12.8. The lowest BCUT2D eigenvalue weighted by Gasteiger charge is -2.19. The molecule has 1 heterocycles. The highest BCUT2D eigenvalue weighted by Crippen LogP contribution is 2.28. The van der Waals surface area contributed by atoms with Crippen LogP contribution in [0, 0.1) is 6.92 Å². The van der Waals surface area contributed by atoms with Gasteiger partial charge in [0.25, 0.3) is 5.91 Å². The fourth-order valence-corrected chi connectivity index (χ4v) is 3.43. The third kappa shape index (κ3) is 5.12. The van der Waals surface area contributed by atoms with Gasteiger partial charge >= 0.3 is 6.03 Å². The van der Waals surface area contributed by atoms with Crippen LogP contribution in [0.25, 0.3) is 0 Å². The second-order valence-corrected chi connectivity index (χ2v) is 7.38. The first-order chi connectivity index (χ1) is 14.9. The number of nitrogens with zero attached hydrogens (tertiary/aromatic N) is 2. The van der Waals surface area contributed by atoms with Gasteiger partial charge in [0.1, 0.15) is 11.8 Å². The summed E-state index contributed by atoms with van der Waals surface area (Å²) >= 11 is 0. The first-order valence-electron chi connectivity index (χ1n) is 10.3. The molecule has 0 radical (unpaired) electrons. The first kappa shape index (κ1) is 22.1. The van der Waals surface area contributed by atoms with E-state index in [-0.39, 0.29) is 18.9 Å². The average Bonchev–Trinajstić information content (AvgIpc) is 2.97. The Morgan fingerprint density at radius 1 is 1.19 bits per heavy atom. The lowest BCUT2D eigenvalue weighted by atomic mass is 10.1. The smallest absolute Gasteiger partial charge is 0.332 e. The molecule has 1 aliphatic rings. The number of hydrogen-bond donors (Lipinski definition) is 1. The molecule has 162 valence electrons. The molecule has 2 aromatic rings. The summed E-state index contributed by atoms with van der Waals surface area (Å²) in [5.41, 5.74) is 2.02. The Labute approximate surface area is 182 Å². The average molecular weight is 421 g/mol. The number of imide groups is 1. The highest BCUT2D eigenvalue weighted by Gasteiger charge is 2.46. The molecule has 1 saturated heterocycles. The number of benzene rings is 2. The van der Waals surface area contributed by atoms with Crippen molar-refractivity contribution in [3.05, 3.63) is 66.7 Å². The molecule has 31 heavy (non-hydrogen) atoms. The molecule has 4 amide bonds. The summed E-state index contributed by atoms with van der Waals surface area (Å²) in [6.07, 6.45) is 2.31. The molecule has 0 aromatic heterocycles. The standard InChI is InChI=1S/C24H27N3O4/c1-4-13-26-21(23(29)27(24(26)30)19-8-6-7-17(3)15-19)16-22(28)25-18-9-11-20(12-10-18)31-14-5-2/h4,6-12,15,21H,1,5,13-14,16H2,2-3H3,(H,25,28). The van der Waals surface area contributed by atoms with Gasteiger partial charge in [-0.3, -0.25) is 9.59 Å². The lowest BCUT2D eigenvalue weighted by Crippen LogP contribution is -2.38. The highest BCUT2D eigenvalue weighted by atomic mass is 16.5. The Hall–Kier alpha value is -3.61. The van der Waals surface area contributed by atoms with Gasteiger partial charge in [0.15, 0.2) is 0 Å². The molecule has 3 rings (SSSR count). The van der Waals surface area contributed by atoms with Crippen LogP contribution >= 0.6 is 0 Å². The first-order valence-corrected chi connectivity index (χ1v) is 10.3. The van der Waals surface area contributed by atoms with Crippen LogP contribution in [0.1, 0.15) is 25.3 Å². The molecule has 2 aromatic carbocycles. The van der Waals surface area contributed by atoms with Crippen LogP contribution in [0.4, 0.5) is 16.2 Å². The Balaban J connectivity index is 1.72. The van der Waals surface area contributed by atoms with Crippen LogP contribution < -0.4 is 15.0 Å². The number of ether oxygens (including phenoxy) is 1. The second kappa shape index (κ2) is 9.93. The molecule has 1 N–H and O–H groups in total. The summed E-state index contributed by atoms with van der Waals surface area (Å²) in [7, 11) is 0. The fraction of sp³-hybridized carbons (Fsp3) is 0.292. The molecule has 1 unspecified atom stereocenters. The van der Waals surface area contributed by atoms with Gasteiger partial charge in [-0.05, 0) is 55.3 Å². The van der Waals surface area contributed by atoms with Gasteiger partial charge in [-0.2, -0.15) is 0 Å². The van der Waals surface area contributed by atoms with Crippen molar-refractivity contribution in [3.63, 3.8) is 0 Å². The molecule has 0 bridgehead atoms. The predicted molar refractivity (Wildman–Crippen MR) is 120 cm³/mol. The molecule has 7 heteroatoms. The van der Waals surface area contributed by atoms with Crippen LogP contribution in [-0.4, -0.2) is 41.9 Å². The number of rotatable bonds is 9. The number of anilines is 2. The van der Waals surface area contributed by atoms with Crippen molar-refractivity contribution < 1.29 is 19.1 Å². The minimum atomic E-state index is -0.891. The van der Waals surface area contributed by atoms with E-state index in [2.05, 4.69) is 11.9 Å². The van der Waals surface area contributed by atoms with E-state index in [0.29, 0.717) is 18.0 Å². The molecule has 1 aliphatic heterocycles. The molecular weight excluding hydrogens is 394 g/mol. The number of carbonyl (C=O) groups is 3. The van der Waals surface area contributed by atoms with E-state index in [9.17, 15) is 14.4 Å². The summed E-state index contributed by atoms with van der Waals surface area (Å²) in [5, 5.41) is 2.78. The minimum absolute atomic E-state index is 0.144. The van der Waals surface area contributed by atoms with Crippen LogP contribution in [0.15, 0.2) is 61.2 Å². The number of carbonyl (C=O) groups excluding carboxylic acids is 3. The maximum absolute atomic E-state index is 13.1. The van der Waals surface area contributed by atoms with Gasteiger partial charge in [0, 0.05) is 12.2 Å². The molecule has 7 nitrogen and oxygen atoms in total. The monoisotopic (exact) mass is 421 g/mol. The summed E-state index contributed by atoms with van der Waals surface area (Å²) in [5.74, 6) is -0.0492. The maximum atomic E-state index is 13.1. The van der Waals surface area contributed by atoms with Crippen molar-refractivity contribution >= 4 is 29.2 Å². The van der Waals surface area contributed by atoms with Crippen molar-refractivity contribution in [3.8, 4) is 5.75 Å². The van der Waals surface area contributed by atoms with Crippen LogP contribution in [-0.2, 0) is 9.59 Å². The number of aryl methyl sites for hydroxylation is 1. The zero-order valence-electron chi connectivity index (χ0n) is 17.8. The van der Waals surface area contributed by atoms with Crippen LogP contribution in [0.3, 0.4) is 0 Å². The van der Waals surface area contributed by atoms with Crippen LogP contribution in [0.2, 0.25) is 0 Å². The molecule has 0 saturated carbocycles. The van der Waals surface area contributed by atoms with Crippen molar-refractivity contribution in [2.24, 2.45) is 0 Å². The Bertz CT molecular complexity index is 971. The van der Waals surface area contributed by atoms with Gasteiger partial charge in [-0.1, -0.05) is 25.1 Å². The van der Waals surface area contributed by atoms with Crippen molar-refractivity contribution in [2.75, 3.05) is 23.4 Å². The van der Waals surface area contributed by atoms with Crippen molar-refractivity contribution in [2.45, 2.75) is 32.7 Å². The molecule has 1 atom stereocenters. The third-order valence-electron chi connectivity index (χ3n) is 4.89. The summed E-state index contributed by atoms with van der Waals surface area (Å²) < 4.78 is 5.54. The van der Waals surface area contributed by atoms with Gasteiger partial charge in [-0.15, -0.1) is 6.58 Å². The Morgan fingerprint density at radius 2 is 1.94 bits per heavy atom. The quantitative estimate of drug-likeness (QED) is 0.488. The molecule has 0 spiro atoms. The number of nitrogens with one attached hydrogen (secondary N) is 1. The van der Waals surface area contributed by atoms with E-state index in [1.54, 1.807) is 48.5 Å². The largest absolute Gasteiger partial charge is 0.494 e. The molecular formula is C24H27N3O4. The van der Waals surface area contributed by atoms with Crippen molar-refractivity contribution in [1.29, 1.82) is 0 Å². The number of hydrogen-bond acceptors (Lipinski definition) is 4. The Morgan fingerprint density at radius 3 is 2.58 bits per heavy atom. The van der Waals surface area contributed by atoms with Crippen molar-refractivity contribution in [1.82, 2.24) is 4.90 Å². The zero-order chi connectivity index (χ0) is 22.4. The molecule has 0 aliphatic carbocycles. The van der Waals surface area contributed by atoms with E-state index in [0.717, 1.165) is 22.6 Å². The van der Waals surface area contributed by atoms with Gasteiger partial charge in [-0.25, -0.2) is 9.69 Å².